The zero-order valence-electron chi connectivity index (χ0n) is 29.7. The number of nitrogen functional groups attached to an aromatic ring is 1. The fraction of sp³-hybridized carbons (Fsp3) is 0.378. The van der Waals surface area contributed by atoms with Crippen LogP contribution in [0.15, 0.2) is 72.8 Å². The van der Waals surface area contributed by atoms with Gasteiger partial charge in [0.15, 0.2) is 5.13 Å². The largest absolute Gasteiger partial charge is 0.412 e. The summed E-state index contributed by atoms with van der Waals surface area (Å²) in [6, 6.07) is 21.2. The van der Waals surface area contributed by atoms with Gasteiger partial charge < -0.3 is 35.8 Å². The van der Waals surface area contributed by atoms with Gasteiger partial charge in [0.1, 0.15) is 18.0 Å². The van der Waals surface area contributed by atoms with Gasteiger partial charge in [-0.15, -0.1) is 0 Å². The molecule has 4 N–H and O–H groups in total. The third kappa shape index (κ3) is 8.44. The van der Waals surface area contributed by atoms with Crippen molar-refractivity contribution in [3.63, 3.8) is 0 Å². The van der Waals surface area contributed by atoms with Gasteiger partial charge in [-0.2, -0.15) is 5.01 Å². The van der Waals surface area contributed by atoms with Crippen LogP contribution < -0.4 is 21.1 Å². The molecular formula is C37H45N9O5S. The van der Waals surface area contributed by atoms with E-state index in [-0.39, 0.29) is 43.9 Å². The predicted octanol–water partition coefficient (Wildman–Crippen LogP) is 3.49. The van der Waals surface area contributed by atoms with E-state index in [1.165, 1.54) is 11.3 Å². The summed E-state index contributed by atoms with van der Waals surface area (Å²) in [7, 11) is 3.83. The molecule has 2 atom stereocenters. The topological polar surface area (TPSA) is 157 Å². The van der Waals surface area contributed by atoms with Gasteiger partial charge in [0.2, 0.25) is 11.8 Å². The van der Waals surface area contributed by atoms with Crippen molar-refractivity contribution in [3.05, 3.63) is 89.5 Å². The van der Waals surface area contributed by atoms with Gasteiger partial charge in [-0.3, -0.25) is 14.6 Å². The number of hydrogen-bond donors (Lipinski definition) is 3. The first-order valence-corrected chi connectivity index (χ1v) is 18.2. The number of aromatic nitrogens is 1. The van der Waals surface area contributed by atoms with Crippen molar-refractivity contribution < 1.29 is 23.9 Å². The van der Waals surface area contributed by atoms with E-state index in [0.717, 1.165) is 26.9 Å². The number of likely N-dealkylation sites (N-methyl/N-ethyl adjacent to an activating group) is 1. The number of anilines is 1. The number of nitrogens with zero attached hydrogens (tertiary/aromatic N) is 6. The SMILES string of the molecule is CCCN(C(=O)NCc1ccccc1)N1CC(=O)N2[C@@H](Cc3ccc(OC(=O)NCCN(C)C)cc3)C(=O)N(Cc3cccc4sc(N)nc34)C[C@@H]21. The number of nitrogens with one attached hydrogen (secondary N) is 2. The highest BCUT2D eigenvalue weighted by atomic mass is 32.1. The molecule has 4 aromatic rings. The summed E-state index contributed by atoms with van der Waals surface area (Å²) >= 11 is 1.39. The Morgan fingerprint density at radius 1 is 0.981 bits per heavy atom. The Morgan fingerprint density at radius 2 is 1.75 bits per heavy atom. The number of carbonyl (C=O) groups is 4. The highest BCUT2D eigenvalue weighted by Gasteiger charge is 2.52. The van der Waals surface area contributed by atoms with Crippen molar-refractivity contribution in [2.45, 2.75) is 45.1 Å². The second kappa shape index (κ2) is 16.4. The number of amides is 5. The predicted molar refractivity (Wildman–Crippen MR) is 199 cm³/mol. The minimum absolute atomic E-state index is 0.0467. The molecule has 0 bridgehead atoms. The normalized spacial score (nSPS) is 17.5. The maximum atomic E-state index is 14.4. The first kappa shape index (κ1) is 36.5. The van der Waals surface area contributed by atoms with E-state index in [1.807, 2.05) is 74.4 Å². The molecule has 3 aromatic carbocycles. The van der Waals surface area contributed by atoms with Gasteiger partial charge in [0, 0.05) is 39.1 Å². The maximum absolute atomic E-state index is 14.4. The maximum Gasteiger partial charge on any atom is 0.412 e. The monoisotopic (exact) mass is 727 g/mol. The quantitative estimate of drug-likeness (QED) is 0.188. The molecule has 0 unspecified atom stereocenters. The summed E-state index contributed by atoms with van der Waals surface area (Å²) in [5.41, 5.74) is 9.38. The Kier molecular flexibility index (Phi) is 11.5. The number of fused-ring (bicyclic) bond motifs is 2. The van der Waals surface area contributed by atoms with E-state index in [4.69, 9.17) is 10.5 Å². The van der Waals surface area contributed by atoms with Gasteiger partial charge in [0.25, 0.3) is 0 Å². The van der Waals surface area contributed by atoms with Crippen LogP contribution in [0, 0.1) is 0 Å². The lowest BCUT2D eigenvalue weighted by molar-refractivity contribution is -0.157. The second-order valence-electron chi connectivity index (χ2n) is 13.2. The van der Waals surface area contributed by atoms with Crippen molar-refractivity contribution in [2.75, 3.05) is 52.6 Å². The van der Waals surface area contributed by atoms with Crippen LogP contribution in [0.25, 0.3) is 10.2 Å². The lowest BCUT2D eigenvalue weighted by Crippen LogP contribution is -2.66. The molecule has 15 heteroatoms. The number of hydrazine groups is 1. The minimum atomic E-state index is -0.840. The Labute approximate surface area is 307 Å². The fourth-order valence-corrected chi connectivity index (χ4v) is 7.39. The molecular weight excluding hydrogens is 683 g/mol. The van der Waals surface area contributed by atoms with E-state index in [2.05, 4.69) is 15.6 Å². The summed E-state index contributed by atoms with van der Waals surface area (Å²) in [4.78, 5) is 64.2. The van der Waals surface area contributed by atoms with Crippen molar-refractivity contribution in [2.24, 2.45) is 0 Å². The molecule has 0 spiro atoms. The van der Waals surface area contributed by atoms with Crippen LogP contribution in [0.5, 0.6) is 5.75 Å². The molecule has 2 aliphatic heterocycles. The number of ether oxygens (including phenoxy) is 1. The number of carbonyl (C=O) groups excluding carboxylic acids is 4. The van der Waals surface area contributed by atoms with Gasteiger partial charge in [-0.1, -0.05) is 72.9 Å². The van der Waals surface area contributed by atoms with Crippen molar-refractivity contribution in [1.29, 1.82) is 0 Å². The lowest BCUT2D eigenvalue weighted by Gasteiger charge is -2.46. The number of urea groups is 1. The Balaban J connectivity index is 1.25. The molecule has 2 aliphatic rings. The molecule has 52 heavy (non-hydrogen) atoms. The molecule has 274 valence electrons. The van der Waals surface area contributed by atoms with Gasteiger partial charge in [-0.25, -0.2) is 14.6 Å². The Morgan fingerprint density at radius 3 is 2.48 bits per heavy atom. The van der Waals surface area contributed by atoms with Crippen LogP contribution in [0.4, 0.5) is 14.7 Å². The third-order valence-electron chi connectivity index (χ3n) is 9.10. The first-order valence-electron chi connectivity index (χ1n) is 17.4. The number of para-hydroxylation sites is 1. The smallest absolute Gasteiger partial charge is 0.410 e. The zero-order valence-corrected chi connectivity index (χ0v) is 30.5. The molecule has 6 rings (SSSR count). The van der Waals surface area contributed by atoms with E-state index in [9.17, 15) is 19.2 Å². The molecule has 2 saturated heterocycles. The number of benzene rings is 3. The first-order chi connectivity index (χ1) is 25.1. The molecule has 14 nitrogen and oxygen atoms in total. The van der Waals surface area contributed by atoms with E-state index < -0.39 is 18.3 Å². The lowest BCUT2D eigenvalue weighted by atomic mass is 9.99. The second-order valence-corrected chi connectivity index (χ2v) is 14.2. The van der Waals surface area contributed by atoms with Gasteiger partial charge in [-0.05, 0) is 55.4 Å². The zero-order chi connectivity index (χ0) is 36.8. The van der Waals surface area contributed by atoms with Gasteiger partial charge >= 0.3 is 12.1 Å². The number of piperazine rings is 1. The van der Waals surface area contributed by atoms with Crippen molar-refractivity contribution in [3.8, 4) is 5.75 Å². The van der Waals surface area contributed by atoms with Gasteiger partial charge in [0.05, 0.1) is 23.3 Å². The van der Waals surface area contributed by atoms with Crippen LogP contribution in [0.3, 0.4) is 0 Å². The molecule has 1 aromatic heterocycles. The average molecular weight is 728 g/mol. The summed E-state index contributed by atoms with van der Waals surface area (Å²) in [5, 5.41) is 9.58. The molecule has 2 fully saturated rings. The molecule has 3 heterocycles. The van der Waals surface area contributed by atoms with E-state index in [1.54, 1.807) is 44.1 Å². The molecule has 0 aliphatic carbocycles. The Bertz CT molecular complexity index is 1890. The molecule has 0 radical (unpaired) electrons. The third-order valence-corrected chi connectivity index (χ3v) is 9.95. The number of rotatable bonds is 13. The molecule has 5 amide bonds. The minimum Gasteiger partial charge on any atom is -0.410 e. The van der Waals surface area contributed by atoms with E-state index in [0.29, 0.717) is 43.5 Å². The number of hydrogen-bond acceptors (Lipinski definition) is 10. The standard InChI is InChI=1S/C37H45N9O5S/c1-4-18-44(36(49)40-21-26-9-6-5-7-10-26)45-24-32(47)46-29(20-25-13-15-28(16-14-25)51-37(50)39-17-19-42(2)3)34(48)43(23-31(45)46)22-27-11-8-12-30-33(27)41-35(38)52-30/h5-16,29,31H,4,17-24H2,1-3H3,(H2,38,41)(H,39,50)(H,40,49)/t29-,31+/m0/s1. The van der Waals surface area contributed by atoms with Crippen molar-refractivity contribution >= 4 is 50.6 Å². The highest BCUT2D eigenvalue weighted by molar-refractivity contribution is 7.22. The van der Waals surface area contributed by atoms with Crippen LogP contribution in [-0.2, 0) is 29.1 Å². The van der Waals surface area contributed by atoms with E-state index >= 15 is 0 Å². The van der Waals surface area contributed by atoms with Crippen molar-refractivity contribution in [1.82, 2.24) is 40.3 Å². The summed E-state index contributed by atoms with van der Waals surface area (Å²) in [5.74, 6) is -0.0807. The average Bonchev–Trinajstić information content (AvgIpc) is 3.67. The molecule has 0 saturated carbocycles. The van der Waals surface area contributed by atoms with Crippen LogP contribution in [0.1, 0.15) is 30.0 Å². The highest BCUT2D eigenvalue weighted by Crippen LogP contribution is 2.32. The fourth-order valence-electron chi connectivity index (χ4n) is 6.61. The summed E-state index contributed by atoms with van der Waals surface area (Å²) in [6.45, 7) is 4.23. The summed E-state index contributed by atoms with van der Waals surface area (Å²) < 4.78 is 6.35. The van der Waals surface area contributed by atoms with Crippen LogP contribution in [0.2, 0.25) is 0 Å². The number of nitrogens with two attached hydrogens (primary N) is 1. The Hall–Kier alpha value is -5.25. The van der Waals surface area contributed by atoms with Crippen LogP contribution >= 0.6 is 11.3 Å². The summed E-state index contributed by atoms with van der Waals surface area (Å²) in [6.07, 6.45) is -0.253. The van der Waals surface area contributed by atoms with Crippen LogP contribution in [-0.4, -0.2) is 113 Å². The number of thiazole rings is 1.